The van der Waals surface area contributed by atoms with Gasteiger partial charge in [-0.05, 0) is 24.5 Å². The molecule has 1 aromatic carbocycles. The summed E-state index contributed by atoms with van der Waals surface area (Å²) in [5.74, 6) is 3.37. The van der Waals surface area contributed by atoms with Crippen molar-refractivity contribution < 1.29 is 14.2 Å². The molecule has 0 aliphatic carbocycles. The molecule has 0 radical (unpaired) electrons. The second-order valence-corrected chi connectivity index (χ2v) is 8.14. The van der Waals surface area contributed by atoms with Crippen molar-refractivity contribution in [2.75, 3.05) is 27.1 Å². The van der Waals surface area contributed by atoms with Gasteiger partial charge in [0.05, 0.1) is 27.0 Å². The molecule has 2 aromatic heterocycles. The van der Waals surface area contributed by atoms with Crippen LogP contribution in [0.25, 0.3) is 17.1 Å². The van der Waals surface area contributed by atoms with Crippen molar-refractivity contribution in [2.24, 2.45) is 5.92 Å². The molecule has 0 spiro atoms. The number of methoxy groups -OCH3 is 3. The zero-order valence-electron chi connectivity index (χ0n) is 18.2. The van der Waals surface area contributed by atoms with E-state index >= 15 is 0 Å². The molecule has 0 bridgehead atoms. The highest BCUT2D eigenvalue weighted by atomic mass is 32.2. The third-order valence-corrected chi connectivity index (χ3v) is 5.48. The van der Waals surface area contributed by atoms with E-state index in [9.17, 15) is 5.26 Å². The van der Waals surface area contributed by atoms with Gasteiger partial charge in [0.25, 0.3) is 0 Å². The first kappa shape index (κ1) is 22.4. The first-order chi connectivity index (χ1) is 15.0. The number of rotatable bonds is 9. The maximum absolute atomic E-state index is 10.00. The first-order valence-corrected chi connectivity index (χ1v) is 10.7. The highest BCUT2D eigenvalue weighted by Gasteiger charge is 2.21. The molecule has 0 saturated heterocycles. The fourth-order valence-corrected chi connectivity index (χ4v) is 4.06. The highest BCUT2D eigenvalue weighted by Crippen LogP contribution is 2.42. The number of benzene rings is 1. The second-order valence-electron chi connectivity index (χ2n) is 7.08. The number of nitriles is 1. The Morgan fingerprint density at radius 1 is 1.10 bits per heavy atom. The normalized spacial score (nSPS) is 10.7. The molecular weight excluding hydrogens is 414 g/mol. The Bertz CT molecular complexity index is 1050. The van der Waals surface area contributed by atoms with Crippen LogP contribution in [0.2, 0.25) is 0 Å². The fourth-order valence-electron chi connectivity index (χ4n) is 2.98. The molecule has 0 aliphatic rings. The van der Waals surface area contributed by atoms with Crippen LogP contribution in [0.3, 0.4) is 0 Å². The number of ether oxygens (including phenoxy) is 3. The van der Waals surface area contributed by atoms with Crippen molar-refractivity contribution >= 4 is 11.8 Å². The van der Waals surface area contributed by atoms with Gasteiger partial charge in [-0.3, -0.25) is 4.57 Å². The molecule has 31 heavy (non-hydrogen) atoms. The number of aromatic nitrogens is 4. The van der Waals surface area contributed by atoms with Crippen LogP contribution in [0.1, 0.15) is 25.8 Å². The van der Waals surface area contributed by atoms with E-state index in [-0.39, 0.29) is 0 Å². The van der Waals surface area contributed by atoms with Gasteiger partial charge in [-0.15, -0.1) is 0 Å². The minimum atomic E-state index is 0.334. The highest BCUT2D eigenvalue weighted by molar-refractivity contribution is 7.99. The molecule has 0 atom stereocenters. The van der Waals surface area contributed by atoms with Gasteiger partial charge in [-0.25, -0.2) is 15.0 Å². The van der Waals surface area contributed by atoms with E-state index in [0.717, 1.165) is 12.2 Å². The quantitative estimate of drug-likeness (QED) is 0.358. The molecule has 162 valence electrons. The summed E-state index contributed by atoms with van der Waals surface area (Å²) in [6.45, 7) is 4.36. The maximum atomic E-state index is 10.00. The molecule has 3 aromatic rings. The molecule has 0 amide bonds. The average Bonchev–Trinajstić information content (AvgIpc) is 3.32. The first-order valence-electron chi connectivity index (χ1n) is 9.76. The van der Waals surface area contributed by atoms with E-state index in [1.807, 2.05) is 0 Å². The Hall–Kier alpha value is -3.25. The summed E-state index contributed by atoms with van der Waals surface area (Å²) in [6, 6.07) is 5.83. The predicted molar refractivity (Wildman–Crippen MR) is 119 cm³/mol. The number of hydrogen-bond acceptors (Lipinski definition) is 8. The van der Waals surface area contributed by atoms with Gasteiger partial charge in [0.1, 0.15) is 18.0 Å². The van der Waals surface area contributed by atoms with Crippen molar-refractivity contribution in [2.45, 2.75) is 25.4 Å². The second kappa shape index (κ2) is 10.2. The molecule has 3 rings (SSSR count). The van der Waals surface area contributed by atoms with Crippen LogP contribution in [-0.2, 0) is 0 Å². The standard InChI is InChI=1S/C22H25N5O3S/c1-14(2)6-9-31-22-25-19(16(12-23)21(26-22)27-8-7-24-13-27)15-10-17(28-3)20(30-5)18(11-15)29-4/h7-8,10-11,13-14H,6,9H2,1-5H3. The predicted octanol–water partition coefficient (Wildman–Crippen LogP) is 4.36. The Morgan fingerprint density at radius 2 is 1.81 bits per heavy atom. The van der Waals surface area contributed by atoms with Crippen LogP contribution in [0, 0.1) is 17.2 Å². The minimum Gasteiger partial charge on any atom is -0.493 e. The Labute approximate surface area is 186 Å². The van der Waals surface area contributed by atoms with E-state index in [2.05, 4.69) is 29.9 Å². The summed E-state index contributed by atoms with van der Waals surface area (Å²) in [6.07, 6.45) is 6.05. The van der Waals surface area contributed by atoms with Crippen LogP contribution >= 0.6 is 11.8 Å². The van der Waals surface area contributed by atoms with Gasteiger partial charge >= 0.3 is 0 Å². The lowest BCUT2D eigenvalue weighted by Gasteiger charge is -2.16. The topological polar surface area (TPSA) is 95.1 Å². The van der Waals surface area contributed by atoms with Gasteiger partial charge in [0, 0.05) is 23.7 Å². The van der Waals surface area contributed by atoms with Gasteiger partial charge in [-0.1, -0.05) is 25.6 Å². The minimum absolute atomic E-state index is 0.334. The summed E-state index contributed by atoms with van der Waals surface area (Å²) >= 11 is 1.56. The van der Waals surface area contributed by atoms with E-state index < -0.39 is 0 Å². The number of hydrogen-bond donors (Lipinski definition) is 0. The van der Waals surface area contributed by atoms with Gasteiger partial charge in [0.2, 0.25) is 5.75 Å². The van der Waals surface area contributed by atoms with Crippen LogP contribution in [-0.4, -0.2) is 46.6 Å². The lowest BCUT2D eigenvalue weighted by molar-refractivity contribution is 0.324. The van der Waals surface area contributed by atoms with Gasteiger partial charge < -0.3 is 14.2 Å². The maximum Gasteiger partial charge on any atom is 0.203 e. The van der Waals surface area contributed by atoms with Crippen molar-refractivity contribution in [3.05, 3.63) is 36.4 Å². The molecule has 9 heteroatoms. The number of imidazole rings is 1. The van der Waals surface area contributed by atoms with Crippen LogP contribution in [0.15, 0.2) is 36.0 Å². The Morgan fingerprint density at radius 3 is 2.32 bits per heavy atom. The number of nitrogens with zero attached hydrogens (tertiary/aromatic N) is 5. The summed E-state index contributed by atoms with van der Waals surface area (Å²) < 4.78 is 18.1. The van der Waals surface area contributed by atoms with Gasteiger partial charge in [0.15, 0.2) is 22.5 Å². The van der Waals surface area contributed by atoms with Crippen LogP contribution < -0.4 is 14.2 Å². The van der Waals surface area contributed by atoms with E-state index in [0.29, 0.717) is 51.0 Å². The largest absolute Gasteiger partial charge is 0.493 e. The van der Waals surface area contributed by atoms with E-state index in [4.69, 9.17) is 19.2 Å². The molecule has 0 N–H and O–H groups in total. The molecule has 0 fully saturated rings. The Balaban J connectivity index is 2.21. The van der Waals surface area contributed by atoms with Crippen molar-refractivity contribution in [3.63, 3.8) is 0 Å². The summed E-state index contributed by atoms with van der Waals surface area (Å²) in [4.78, 5) is 13.5. The third kappa shape index (κ3) is 4.91. The summed E-state index contributed by atoms with van der Waals surface area (Å²) in [5.41, 5.74) is 1.49. The van der Waals surface area contributed by atoms with Gasteiger partial charge in [-0.2, -0.15) is 5.26 Å². The van der Waals surface area contributed by atoms with E-state index in [1.165, 1.54) is 0 Å². The zero-order valence-corrected chi connectivity index (χ0v) is 19.1. The fraction of sp³-hybridized carbons (Fsp3) is 0.364. The van der Waals surface area contributed by atoms with Crippen molar-refractivity contribution in [1.82, 2.24) is 19.5 Å². The molecule has 0 unspecified atom stereocenters. The molecular formula is C22H25N5O3S. The average molecular weight is 440 g/mol. The Kier molecular flexibility index (Phi) is 7.36. The lowest BCUT2D eigenvalue weighted by Crippen LogP contribution is -2.06. The number of thioether (sulfide) groups is 1. The third-order valence-electron chi connectivity index (χ3n) is 4.59. The summed E-state index contributed by atoms with van der Waals surface area (Å²) in [7, 11) is 4.65. The van der Waals surface area contributed by atoms with Crippen molar-refractivity contribution in [1.29, 1.82) is 5.26 Å². The monoisotopic (exact) mass is 439 g/mol. The van der Waals surface area contributed by atoms with E-state index in [1.54, 1.807) is 68.5 Å². The smallest absolute Gasteiger partial charge is 0.203 e. The van der Waals surface area contributed by atoms with Crippen LogP contribution in [0.4, 0.5) is 0 Å². The summed E-state index contributed by atoms with van der Waals surface area (Å²) in [5, 5.41) is 10.6. The van der Waals surface area contributed by atoms with Crippen LogP contribution in [0.5, 0.6) is 17.2 Å². The molecule has 0 aliphatic heterocycles. The molecule has 8 nitrogen and oxygen atoms in total. The zero-order chi connectivity index (χ0) is 22.4. The molecule has 0 saturated carbocycles. The SMILES string of the molecule is COc1cc(-c2nc(SCCC(C)C)nc(-n3ccnc3)c2C#N)cc(OC)c1OC. The van der Waals surface area contributed by atoms with Crippen molar-refractivity contribution in [3.8, 4) is 40.4 Å². The lowest BCUT2D eigenvalue weighted by atomic mass is 10.1. The molecule has 2 heterocycles.